The van der Waals surface area contributed by atoms with Crippen LogP contribution in [-0.2, 0) is 6.42 Å². The Balaban J connectivity index is 0.00000272. The average Bonchev–Trinajstić information content (AvgIpc) is 3.13. The van der Waals surface area contributed by atoms with Crippen LogP contribution < -0.4 is 10.6 Å². The molecule has 2 heterocycles. The second-order valence-corrected chi connectivity index (χ2v) is 8.45. The zero-order valence-electron chi connectivity index (χ0n) is 17.2. The van der Waals surface area contributed by atoms with Gasteiger partial charge in [-0.15, -0.1) is 0 Å². The van der Waals surface area contributed by atoms with Gasteiger partial charge >= 0.3 is 0 Å². The molecule has 1 fully saturated rings. The number of nitrogens with one attached hydrogen (secondary N) is 2. The first-order chi connectivity index (χ1) is 14.4. The van der Waals surface area contributed by atoms with Gasteiger partial charge in [0.2, 0.25) is 5.95 Å². The summed E-state index contributed by atoms with van der Waals surface area (Å²) in [7, 11) is 0. The molecule has 1 aromatic carbocycles. The lowest BCUT2D eigenvalue weighted by Crippen LogP contribution is -2.41. The predicted molar refractivity (Wildman–Crippen MR) is 116 cm³/mol. The van der Waals surface area contributed by atoms with Gasteiger partial charge in [-0.3, -0.25) is 0 Å². The quantitative estimate of drug-likeness (QED) is 0.564. The molecule has 0 saturated heterocycles. The van der Waals surface area contributed by atoms with Gasteiger partial charge in [-0.2, -0.15) is 10.2 Å². The number of aliphatic hydroxyl groups is 1. The molecule has 0 spiro atoms. The molecule has 4 rings (SSSR count). The first kappa shape index (κ1) is 20.1. The highest BCUT2D eigenvalue weighted by Gasteiger charge is 2.35. The van der Waals surface area contributed by atoms with Crippen molar-refractivity contribution in [1.82, 2.24) is 15.0 Å². The summed E-state index contributed by atoms with van der Waals surface area (Å²) in [5.74, 6) is 1.62. The zero-order valence-corrected chi connectivity index (χ0v) is 17.2. The molecule has 1 aliphatic carbocycles. The van der Waals surface area contributed by atoms with Gasteiger partial charge in [0, 0.05) is 20.4 Å². The number of anilines is 2. The van der Waals surface area contributed by atoms with Crippen LogP contribution in [0.4, 0.5) is 11.8 Å². The van der Waals surface area contributed by atoms with Gasteiger partial charge in [0.05, 0.1) is 12.3 Å². The maximum Gasteiger partial charge on any atom is 0.224 e. The maximum atomic E-state index is 10.2. The first-order valence-electron chi connectivity index (χ1n) is 10.2. The Morgan fingerprint density at radius 2 is 2.13 bits per heavy atom. The van der Waals surface area contributed by atoms with E-state index in [-0.39, 0.29) is 19.0 Å². The highest BCUT2D eigenvalue weighted by Crippen LogP contribution is 2.36. The minimum atomic E-state index is -0.305. The van der Waals surface area contributed by atoms with Crippen molar-refractivity contribution in [1.29, 1.82) is 5.26 Å². The predicted octanol–water partition coefficient (Wildman–Crippen LogP) is 3.74. The molecule has 0 radical (unpaired) electrons. The molecule has 0 amide bonds. The zero-order chi connectivity index (χ0) is 21.1. The SMILES string of the molecule is CC1(C)C[C@H](Nc2nc(NCCc3nc4ccccc4o3)ncc2C#N)CC[C@@H]1O.[HH]. The third kappa shape index (κ3) is 4.36. The van der Waals surface area contributed by atoms with E-state index in [0.29, 0.717) is 36.2 Å². The van der Waals surface area contributed by atoms with Gasteiger partial charge < -0.3 is 20.2 Å². The van der Waals surface area contributed by atoms with E-state index in [0.717, 1.165) is 30.4 Å². The number of nitriles is 1. The number of hydrogen-bond donors (Lipinski definition) is 3. The van der Waals surface area contributed by atoms with Crippen LogP contribution in [0, 0.1) is 16.7 Å². The number of hydrogen-bond acceptors (Lipinski definition) is 8. The number of para-hydroxylation sites is 2. The summed E-state index contributed by atoms with van der Waals surface area (Å²) >= 11 is 0. The number of oxazole rings is 1. The molecule has 1 aliphatic rings. The third-order valence-corrected chi connectivity index (χ3v) is 5.67. The summed E-state index contributed by atoms with van der Waals surface area (Å²) in [6, 6.07) is 9.97. The Hall–Kier alpha value is -3.18. The Morgan fingerprint density at radius 3 is 2.90 bits per heavy atom. The average molecular weight is 409 g/mol. The lowest BCUT2D eigenvalue weighted by Gasteiger charge is -2.40. The van der Waals surface area contributed by atoms with Crippen LogP contribution in [0.15, 0.2) is 34.9 Å². The van der Waals surface area contributed by atoms with Crippen molar-refractivity contribution in [2.45, 2.75) is 51.7 Å². The van der Waals surface area contributed by atoms with E-state index in [9.17, 15) is 10.4 Å². The molecule has 2 atom stereocenters. The topological polar surface area (TPSA) is 120 Å². The molecule has 0 bridgehead atoms. The Kier molecular flexibility index (Phi) is 5.55. The summed E-state index contributed by atoms with van der Waals surface area (Å²) < 4.78 is 5.73. The van der Waals surface area contributed by atoms with Crippen LogP contribution in [0.3, 0.4) is 0 Å². The van der Waals surface area contributed by atoms with E-state index in [1.807, 2.05) is 24.3 Å². The largest absolute Gasteiger partial charge is 0.441 e. The van der Waals surface area contributed by atoms with Crippen molar-refractivity contribution < 1.29 is 11.0 Å². The number of aliphatic hydroxyl groups excluding tert-OH is 1. The van der Waals surface area contributed by atoms with E-state index in [2.05, 4.69) is 45.5 Å². The molecule has 3 N–H and O–H groups in total. The summed E-state index contributed by atoms with van der Waals surface area (Å²) in [6.07, 6.45) is 4.19. The monoisotopic (exact) mass is 408 g/mol. The lowest BCUT2D eigenvalue weighted by molar-refractivity contribution is 0.00926. The Morgan fingerprint density at radius 1 is 1.30 bits per heavy atom. The molecule has 158 valence electrons. The Bertz CT molecular complexity index is 1040. The van der Waals surface area contributed by atoms with Gasteiger partial charge in [-0.05, 0) is 36.8 Å². The number of nitrogens with zero attached hydrogens (tertiary/aromatic N) is 4. The van der Waals surface area contributed by atoms with Crippen LogP contribution in [0.1, 0.15) is 46.0 Å². The molecule has 2 aromatic heterocycles. The fraction of sp³-hybridized carbons (Fsp3) is 0.455. The van der Waals surface area contributed by atoms with Gasteiger partial charge in [-0.1, -0.05) is 26.0 Å². The van der Waals surface area contributed by atoms with E-state index >= 15 is 0 Å². The number of rotatable bonds is 6. The smallest absolute Gasteiger partial charge is 0.224 e. The van der Waals surface area contributed by atoms with Gasteiger partial charge in [-0.25, -0.2) is 9.97 Å². The second kappa shape index (κ2) is 8.28. The normalized spacial score (nSPS) is 20.6. The van der Waals surface area contributed by atoms with Gasteiger partial charge in [0.1, 0.15) is 23.0 Å². The summed E-state index contributed by atoms with van der Waals surface area (Å²) in [6.45, 7) is 4.69. The maximum absolute atomic E-state index is 10.2. The number of benzene rings is 1. The fourth-order valence-electron chi connectivity index (χ4n) is 3.91. The summed E-state index contributed by atoms with van der Waals surface area (Å²) in [5, 5.41) is 26.2. The fourth-order valence-corrected chi connectivity index (χ4v) is 3.91. The van der Waals surface area contributed by atoms with Crippen molar-refractivity contribution in [2.75, 3.05) is 17.2 Å². The van der Waals surface area contributed by atoms with Crippen molar-refractivity contribution in [3.05, 3.63) is 41.9 Å². The first-order valence-corrected chi connectivity index (χ1v) is 10.2. The van der Waals surface area contributed by atoms with E-state index in [1.165, 1.54) is 6.20 Å². The van der Waals surface area contributed by atoms with E-state index in [1.54, 1.807) is 0 Å². The van der Waals surface area contributed by atoms with Crippen LogP contribution in [-0.4, -0.2) is 38.7 Å². The minimum absolute atomic E-state index is 0. The number of fused-ring (bicyclic) bond motifs is 1. The van der Waals surface area contributed by atoms with Crippen LogP contribution in [0.25, 0.3) is 11.1 Å². The summed E-state index contributed by atoms with van der Waals surface area (Å²) in [5.41, 5.74) is 1.85. The third-order valence-electron chi connectivity index (χ3n) is 5.67. The standard InChI is InChI=1S/C22H26N6O2.H2/c1-22(2)11-15(7-8-18(22)29)26-20-14(12-23)13-25-21(28-20)24-10-9-19-27-16-5-3-4-6-17(16)30-19;/h3-6,13,15,18,29H,7-11H2,1-2H3,(H2,24,25,26,28);1H/t15-,18+;/m1./s1. The molecule has 30 heavy (non-hydrogen) atoms. The van der Waals surface area contributed by atoms with Gasteiger partial charge in [0.15, 0.2) is 11.5 Å². The van der Waals surface area contributed by atoms with Crippen molar-refractivity contribution in [3.63, 3.8) is 0 Å². The van der Waals surface area contributed by atoms with Crippen LogP contribution in [0.2, 0.25) is 0 Å². The van der Waals surface area contributed by atoms with E-state index < -0.39 is 0 Å². The lowest BCUT2D eigenvalue weighted by atomic mass is 9.73. The molecule has 3 aromatic rings. The highest BCUT2D eigenvalue weighted by molar-refractivity contribution is 5.72. The molecule has 8 heteroatoms. The minimum Gasteiger partial charge on any atom is -0.441 e. The van der Waals surface area contributed by atoms with Crippen LogP contribution >= 0.6 is 0 Å². The van der Waals surface area contributed by atoms with E-state index in [4.69, 9.17) is 4.42 Å². The van der Waals surface area contributed by atoms with Crippen LogP contribution in [0.5, 0.6) is 0 Å². The second-order valence-electron chi connectivity index (χ2n) is 8.45. The molecule has 1 saturated carbocycles. The van der Waals surface area contributed by atoms with Crippen molar-refractivity contribution >= 4 is 22.9 Å². The Labute approximate surface area is 176 Å². The van der Waals surface area contributed by atoms with Gasteiger partial charge in [0.25, 0.3) is 0 Å². The number of aromatic nitrogens is 3. The highest BCUT2D eigenvalue weighted by atomic mass is 16.3. The molecule has 0 aliphatic heterocycles. The molecular formula is C22H28N6O2. The molecular weight excluding hydrogens is 380 g/mol. The molecule has 0 unspecified atom stereocenters. The summed E-state index contributed by atoms with van der Waals surface area (Å²) in [4.78, 5) is 13.2. The van der Waals surface area contributed by atoms with Crippen molar-refractivity contribution in [2.24, 2.45) is 5.41 Å². The molecule has 8 nitrogen and oxygen atoms in total. The van der Waals surface area contributed by atoms with Crippen molar-refractivity contribution in [3.8, 4) is 6.07 Å².